The van der Waals surface area contributed by atoms with Crippen LogP contribution in [0.4, 0.5) is 0 Å². The molecule has 0 aromatic rings. The summed E-state index contributed by atoms with van der Waals surface area (Å²) in [5.74, 6) is 1.77. The molecule has 2 rings (SSSR count). The monoisotopic (exact) mass is 210 g/mol. The van der Waals surface area contributed by atoms with Crippen LogP contribution in [0.2, 0.25) is 0 Å². The fraction of sp³-hybridized carbons (Fsp3) is 1.00. The Kier molecular flexibility index (Phi) is 3.36. The van der Waals surface area contributed by atoms with Crippen LogP contribution in [-0.2, 0) is 0 Å². The van der Waals surface area contributed by atoms with Gasteiger partial charge in [0.1, 0.15) is 0 Å². The van der Waals surface area contributed by atoms with Gasteiger partial charge in [0.15, 0.2) is 0 Å². The molecule has 2 fully saturated rings. The summed E-state index contributed by atoms with van der Waals surface area (Å²) in [4.78, 5) is 2.66. The van der Waals surface area contributed by atoms with Crippen molar-refractivity contribution >= 4 is 0 Å². The van der Waals surface area contributed by atoms with Crippen molar-refractivity contribution in [1.82, 2.24) is 10.2 Å². The number of nitrogens with zero attached hydrogens (tertiary/aromatic N) is 1. The average molecular weight is 210 g/mol. The summed E-state index contributed by atoms with van der Waals surface area (Å²) in [5.41, 5.74) is 0.391. The van der Waals surface area contributed by atoms with E-state index in [2.05, 4.69) is 31.0 Å². The second kappa shape index (κ2) is 4.42. The van der Waals surface area contributed by atoms with Crippen molar-refractivity contribution in [1.29, 1.82) is 0 Å². The van der Waals surface area contributed by atoms with Crippen molar-refractivity contribution in [3.8, 4) is 0 Å². The quantitative estimate of drug-likeness (QED) is 0.751. The Labute approximate surface area is 94.4 Å². The van der Waals surface area contributed by atoms with Crippen molar-refractivity contribution in [3.63, 3.8) is 0 Å². The highest BCUT2D eigenvalue weighted by molar-refractivity contribution is 4.92. The largest absolute Gasteiger partial charge is 0.310 e. The van der Waals surface area contributed by atoms with E-state index in [9.17, 15) is 0 Å². The third kappa shape index (κ3) is 2.73. The maximum absolute atomic E-state index is 3.71. The molecule has 2 heterocycles. The highest BCUT2D eigenvalue weighted by Crippen LogP contribution is 2.26. The molecule has 2 aliphatic rings. The Balaban J connectivity index is 1.86. The predicted octanol–water partition coefficient (Wildman–Crippen LogP) is 2.11. The van der Waals surface area contributed by atoms with E-state index >= 15 is 0 Å². The zero-order valence-electron chi connectivity index (χ0n) is 10.6. The Morgan fingerprint density at radius 2 is 1.87 bits per heavy atom. The molecular weight excluding hydrogens is 184 g/mol. The minimum absolute atomic E-state index is 0.391. The fourth-order valence-corrected chi connectivity index (χ4v) is 3.13. The Morgan fingerprint density at radius 1 is 1.20 bits per heavy atom. The van der Waals surface area contributed by atoms with Gasteiger partial charge in [0.2, 0.25) is 0 Å². The van der Waals surface area contributed by atoms with Crippen LogP contribution in [0.5, 0.6) is 0 Å². The molecule has 0 aromatic heterocycles. The maximum Gasteiger partial charge on any atom is 0.0280 e. The summed E-state index contributed by atoms with van der Waals surface area (Å²) >= 11 is 0. The van der Waals surface area contributed by atoms with Crippen LogP contribution < -0.4 is 5.32 Å². The van der Waals surface area contributed by atoms with E-state index in [1.165, 1.54) is 45.4 Å². The number of rotatable bonds is 2. The molecule has 0 spiro atoms. The van der Waals surface area contributed by atoms with Crippen LogP contribution in [0.15, 0.2) is 0 Å². The highest BCUT2D eigenvalue weighted by Gasteiger charge is 2.33. The average Bonchev–Trinajstić information content (AvgIpc) is 2.46. The first-order valence-electron chi connectivity index (χ1n) is 6.56. The van der Waals surface area contributed by atoms with Gasteiger partial charge in [-0.05, 0) is 38.1 Å². The SMILES string of the molecule is CC1CN(CC2(C)CCCCN2)CC1C. The van der Waals surface area contributed by atoms with E-state index in [0.717, 1.165) is 11.8 Å². The van der Waals surface area contributed by atoms with Crippen LogP contribution in [0.1, 0.15) is 40.0 Å². The molecule has 2 nitrogen and oxygen atoms in total. The lowest BCUT2D eigenvalue weighted by Crippen LogP contribution is -2.53. The van der Waals surface area contributed by atoms with Gasteiger partial charge in [-0.15, -0.1) is 0 Å². The van der Waals surface area contributed by atoms with Gasteiger partial charge in [-0.3, -0.25) is 0 Å². The number of hydrogen-bond acceptors (Lipinski definition) is 2. The van der Waals surface area contributed by atoms with Crippen molar-refractivity contribution in [3.05, 3.63) is 0 Å². The van der Waals surface area contributed by atoms with Gasteiger partial charge in [-0.2, -0.15) is 0 Å². The first-order valence-corrected chi connectivity index (χ1v) is 6.56. The summed E-state index contributed by atoms with van der Waals surface area (Å²) < 4.78 is 0. The van der Waals surface area contributed by atoms with Gasteiger partial charge in [-0.1, -0.05) is 20.3 Å². The van der Waals surface area contributed by atoms with Gasteiger partial charge in [0.25, 0.3) is 0 Å². The summed E-state index contributed by atoms with van der Waals surface area (Å²) in [6.07, 6.45) is 4.12. The molecule has 3 unspecified atom stereocenters. The van der Waals surface area contributed by atoms with Crippen LogP contribution in [0.25, 0.3) is 0 Å². The minimum Gasteiger partial charge on any atom is -0.310 e. The van der Waals surface area contributed by atoms with E-state index in [1.807, 2.05) is 0 Å². The lowest BCUT2D eigenvalue weighted by atomic mass is 9.90. The first kappa shape index (κ1) is 11.4. The summed E-state index contributed by atoms with van der Waals surface area (Å²) in [6, 6.07) is 0. The van der Waals surface area contributed by atoms with Gasteiger partial charge in [0.05, 0.1) is 0 Å². The molecule has 0 amide bonds. The fourth-order valence-electron chi connectivity index (χ4n) is 3.13. The van der Waals surface area contributed by atoms with E-state index in [-0.39, 0.29) is 0 Å². The normalized spacial score (nSPS) is 43.4. The summed E-state index contributed by atoms with van der Waals surface area (Å²) in [7, 11) is 0. The van der Waals surface area contributed by atoms with Gasteiger partial charge < -0.3 is 10.2 Å². The van der Waals surface area contributed by atoms with Crippen LogP contribution >= 0.6 is 0 Å². The van der Waals surface area contributed by atoms with Gasteiger partial charge in [0, 0.05) is 25.2 Å². The van der Waals surface area contributed by atoms with E-state index in [0.29, 0.717) is 5.54 Å². The standard InChI is InChI=1S/C13H26N2/c1-11-8-15(9-12(11)2)10-13(3)6-4-5-7-14-13/h11-12,14H,4-10H2,1-3H3. The molecule has 3 atom stereocenters. The molecule has 0 bridgehead atoms. The smallest absolute Gasteiger partial charge is 0.0280 e. The molecule has 0 aromatic carbocycles. The van der Waals surface area contributed by atoms with Gasteiger partial charge in [-0.25, -0.2) is 0 Å². The third-order valence-electron chi connectivity index (χ3n) is 4.34. The number of piperidine rings is 1. The first-order chi connectivity index (χ1) is 7.09. The Hall–Kier alpha value is -0.0800. The van der Waals surface area contributed by atoms with Gasteiger partial charge >= 0.3 is 0 Å². The summed E-state index contributed by atoms with van der Waals surface area (Å²) in [5, 5.41) is 3.71. The predicted molar refractivity (Wildman–Crippen MR) is 65.0 cm³/mol. The van der Waals surface area contributed by atoms with Crippen molar-refractivity contribution in [2.45, 2.75) is 45.6 Å². The number of nitrogens with one attached hydrogen (secondary N) is 1. The number of hydrogen-bond donors (Lipinski definition) is 1. The lowest BCUT2D eigenvalue weighted by molar-refractivity contribution is 0.182. The third-order valence-corrected chi connectivity index (χ3v) is 4.34. The van der Waals surface area contributed by atoms with Crippen LogP contribution in [0.3, 0.4) is 0 Å². The number of likely N-dealkylation sites (tertiary alicyclic amines) is 1. The summed E-state index contributed by atoms with van der Waals surface area (Å²) in [6.45, 7) is 12.3. The minimum atomic E-state index is 0.391. The molecule has 2 heteroatoms. The zero-order chi connectivity index (χ0) is 10.9. The van der Waals surface area contributed by atoms with E-state index in [4.69, 9.17) is 0 Å². The molecule has 2 saturated heterocycles. The van der Waals surface area contributed by atoms with Crippen molar-refractivity contribution in [2.75, 3.05) is 26.2 Å². The van der Waals surface area contributed by atoms with Crippen molar-refractivity contribution < 1.29 is 0 Å². The van der Waals surface area contributed by atoms with E-state index in [1.54, 1.807) is 0 Å². The zero-order valence-corrected chi connectivity index (χ0v) is 10.6. The highest BCUT2D eigenvalue weighted by atomic mass is 15.2. The molecule has 0 saturated carbocycles. The molecule has 15 heavy (non-hydrogen) atoms. The second-order valence-corrected chi connectivity index (χ2v) is 6.09. The molecule has 1 N–H and O–H groups in total. The van der Waals surface area contributed by atoms with E-state index < -0.39 is 0 Å². The Morgan fingerprint density at radius 3 is 2.40 bits per heavy atom. The Bertz CT molecular complexity index is 199. The molecular formula is C13H26N2. The van der Waals surface area contributed by atoms with Crippen molar-refractivity contribution in [2.24, 2.45) is 11.8 Å². The molecule has 0 radical (unpaired) electrons. The maximum atomic E-state index is 3.71. The second-order valence-electron chi connectivity index (χ2n) is 6.09. The molecule has 0 aliphatic carbocycles. The lowest BCUT2D eigenvalue weighted by Gasteiger charge is -2.38. The molecule has 2 aliphatic heterocycles. The topological polar surface area (TPSA) is 15.3 Å². The van der Waals surface area contributed by atoms with Crippen LogP contribution in [0, 0.1) is 11.8 Å². The van der Waals surface area contributed by atoms with Crippen LogP contribution in [-0.4, -0.2) is 36.6 Å². The molecule has 88 valence electrons.